The van der Waals surface area contributed by atoms with Crippen molar-refractivity contribution in [2.24, 2.45) is 11.8 Å². The van der Waals surface area contributed by atoms with E-state index in [1.807, 2.05) is 0 Å². The first kappa shape index (κ1) is 16.4. The third kappa shape index (κ3) is 4.76. The van der Waals surface area contributed by atoms with E-state index in [1.54, 1.807) is 0 Å². The summed E-state index contributed by atoms with van der Waals surface area (Å²) in [6.45, 7) is 14.0. The predicted octanol–water partition coefficient (Wildman–Crippen LogP) is 4.87. The summed E-state index contributed by atoms with van der Waals surface area (Å²) in [7, 11) is 0. The maximum atomic E-state index is 5.97. The van der Waals surface area contributed by atoms with Crippen molar-refractivity contribution in [1.82, 2.24) is 0 Å². The minimum Gasteiger partial charge on any atom is -0.493 e. The molecule has 0 aliphatic heterocycles. The Balaban J connectivity index is 2.76. The Hall–Kier alpha value is -0.630. The van der Waals surface area contributed by atoms with Gasteiger partial charge in [0, 0.05) is 5.92 Å². The van der Waals surface area contributed by atoms with Crippen molar-refractivity contribution in [3.05, 3.63) is 29.3 Å². The zero-order valence-electron chi connectivity index (χ0n) is 13.2. The Kier molecular flexibility index (Phi) is 5.79. The third-order valence-electron chi connectivity index (χ3n) is 3.67. The molecule has 0 saturated carbocycles. The van der Waals surface area contributed by atoms with Gasteiger partial charge in [0.2, 0.25) is 0 Å². The molecule has 0 bridgehead atoms. The monoisotopic (exact) mass is 280 g/mol. The molecule has 1 nitrogen and oxygen atoms in total. The van der Waals surface area contributed by atoms with Gasteiger partial charge in [0.1, 0.15) is 5.75 Å². The molecule has 0 radical (unpaired) electrons. The lowest BCUT2D eigenvalue weighted by Crippen LogP contribution is -2.20. The van der Waals surface area contributed by atoms with Crippen LogP contribution in [0.25, 0.3) is 0 Å². The van der Waals surface area contributed by atoms with Crippen molar-refractivity contribution < 1.29 is 4.74 Å². The molecule has 1 rings (SSSR count). The largest absolute Gasteiger partial charge is 0.493 e. The lowest BCUT2D eigenvalue weighted by atomic mass is 9.86. The van der Waals surface area contributed by atoms with E-state index < -0.39 is 0 Å². The molecular formula is C17H28OS. The summed E-state index contributed by atoms with van der Waals surface area (Å²) in [5.41, 5.74) is 2.76. The van der Waals surface area contributed by atoms with Gasteiger partial charge >= 0.3 is 0 Å². The summed E-state index contributed by atoms with van der Waals surface area (Å²) in [5, 5.41) is 0. The van der Waals surface area contributed by atoms with E-state index in [-0.39, 0.29) is 5.41 Å². The van der Waals surface area contributed by atoms with Crippen molar-refractivity contribution >= 4 is 12.6 Å². The van der Waals surface area contributed by atoms with Crippen LogP contribution in [0.2, 0.25) is 0 Å². The standard InChI is InChI=1S/C17H28OS/c1-12(2)14(11-19)10-18-16-8-7-15(9-13(16)3)17(4,5)6/h7-9,12,14,19H,10-11H2,1-6H3. The number of aryl methyl sites for hydroxylation is 1. The molecule has 1 aromatic rings. The summed E-state index contributed by atoms with van der Waals surface area (Å²) in [6.07, 6.45) is 0. The molecule has 1 atom stereocenters. The Morgan fingerprint density at radius 3 is 2.26 bits per heavy atom. The zero-order valence-corrected chi connectivity index (χ0v) is 14.1. The lowest BCUT2D eigenvalue weighted by molar-refractivity contribution is 0.226. The van der Waals surface area contributed by atoms with Crippen LogP contribution in [0.15, 0.2) is 18.2 Å². The highest BCUT2D eigenvalue weighted by Gasteiger charge is 2.16. The van der Waals surface area contributed by atoms with E-state index in [1.165, 1.54) is 11.1 Å². The van der Waals surface area contributed by atoms with E-state index in [0.717, 1.165) is 18.1 Å². The molecule has 0 heterocycles. The molecule has 0 amide bonds. The second-order valence-electron chi connectivity index (χ2n) is 6.73. The second kappa shape index (κ2) is 6.69. The molecule has 1 aromatic carbocycles. The van der Waals surface area contributed by atoms with Crippen LogP contribution in [0.1, 0.15) is 45.7 Å². The Morgan fingerprint density at radius 2 is 1.84 bits per heavy atom. The number of ether oxygens (including phenoxy) is 1. The van der Waals surface area contributed by atoms with Crippen molar-refractivity contribution in [3.63, 3.8) is 0 Å². The molecule has 0 aromatic heterocycles. The van der Waals surface area contributed by atoms with Crippen molar-refractivity contribution in [2.45, 2.75) is 47.0 Å². The van der Waals surface area contributed by atoms with E-state index in [2.05, 4.69) is 72.4 Å². The molecule has 0 saturated heterocycles. The van der Waals surface area contributed by atoms with E-state index in [4.69, 9.17) is 4.74 Å². The summed E-state index contributed by atoms with van der Waals surface area (Å²) >= 11 is 4.40. The van der Waals surface area contributed by atoms with Gasteiger partial charge in [-0.15, -0.1) is 0 Å². The lowest BCUT2D eigenvalue weighted by Gasteiger charge is -2.22. The topological polar surface area (TPSA) is 9.23 Å². The highest BCUT2D eigenvalue weighted by molar-refractivity contribution is 7.80. The highest BCUT2D eigenvalue weighted by Crippen LogP contribution is 2.28. The molecule has 0 fully saturated rings. The first-order valence-corrected chi connectivity index (χ1v) is 7.73. The van der Waals surface area contributed by atoms with Gasteiger partial charge in [-0.25, -0.2) is 0 Å². The van der Waals surface area contributed by atoms with E-state index in [0.29, 0.717) is 11.8 Å². The molecule has 0 N–H and O–H groups in total. The smallest absolute Gasteiger partial charge is 0.122 e. The van der Waals surface area contributed by atoms with E-state index in [9.17, 15) is 0 Å². The quantitative estimate of drug-likeness (QED) is 0.757. The van der Waals surface area contributed by atoms with Crippen molar-refractivity contribution in [2.75, 3.05) is 12.4 Å². The predicted molar refractivity (Wildman–Crippen MR) is 87.6 cm³/mol. The molecule has 0 aliphatic carbocycles. The molecule has 0 aliphatic rings. The summed E-state index contributed by atoms with van der Waals surface area (Å²) in [5.74, 6) is 2.98. The number of benzene rings is 1. The van der Waals surface area contributed by atoms with Gasteiger partial charge in [0.05, 0.1) is 6.61 Å². The van der Waals surface area contributed by atoms with Gasteiger partial charge in [0.25, 0.3) is 0 Å². The fourth-order valence-corrected chi connectivity index (χ4v) is 2.46. The molecular weight excluding hydrogens is 252 g/mol. The SMILES string of the molecule is Cc1cc(C(C)(C)C)ccc1OCC(CS)C(C)C. The molecule has 19 heavy (non-hydrogen) atoms. The normalized spacial score (nSPS) is 13.7. The second-order valence-corrected chi connectivity index (χ2v) is 7.09. The Morgan fingerprint density at radius 1 is 1.21 bits per heavy atom. The van der Waals surface area contributed by atoms with Crippen LogP contribution in [0.3, 0.4) is 0 Å². The Bertz CT molecular complexity index is 404. The number of hydrogen-bond donors (Lipinski definition) is 1. The minimum atomic E-state index is 0.189. The van der Waals surface area contributed by atoms with Crippen molar-refractivity contribution in [1.29, 1.82) is 0 Å². The average Bonchev–Trinajstić information content (AvgIpc) is 2.29. The molecule has 0 spiro atoms. The van der Waals surface area contributed by atoms with Gasteiger partial charge in [-0.2, -0.15) is 12.6 Å². The minimum absolute atomic E-state index is 0.189. The maximum Gasteiger partial charge on any atom is 0.122 e. The number of hydrogen-bond acceptors (Lipinski definition) is 2. The zero-order chi connectivity index (χ0) is 14.6. The van der Waals surface area contributed by atoms with Crippen LogP contribution < -0.4 is 4.74 Å². The van der Waals surface area contributed by atoms with Gasteiger partial charge in [-0.1, -0.05) is 46.8 Å². The summed E-state index contributed by atoms with van der Waals surface area (Å²) in [6, 6.07) is 6.51. The van der Waals surface area contributed by atoms with Crippen LogP contribution in [0, 0.1) is 18.8 Å². The van der Waals surface area contributed by atoms with Gasteiger partial charge in [-0.05, 0) is 41.2 Å². The molecule has 108 valence electrons. The molecule has 1 unspecified atom stereocenters. The van der Waals surface area contributed by atoms with Crippen molar-refractivity contribution in [3.8, 4) is 5.75 Å². The Labute approximate surface area is 124 Å². The highest BCUT2D eigenvalue weighted by atomic mass is 32.1. The van der Waals surface area contributed by atoms with Gasteiger partial charge in [0.15, 0.2) is 0 Å². The first-order chi connectivity index (χ1) is 8.75. The fourth-order valence-electron chi connectivity index (χ4n) is 1.93. The number of thiol groups is 1. The third-order valence-corrected chi connectivity index (χ3v) is 4.14. The van der Waals surface area contributed by atoms with Crippen LogP contribution in [-0.4, -0.2) is 12.4 Å². The summed E-state index contributed by atoms with van der Waals surface area (Å²) in [4.78, 5) is 0. The fraction of sp³-hybridized carbons (Fsp3) is 0.647. The van der Waals surface area contributed by atoms with Crippen LogP contribution in [0.5, 0.6) is 5.75 Å². The van der Waals surface area contributed by atoms with Gasteiger partial charge < -0.3 is 4.74 Å². The molecule has 2 heteroatoms. The van der Waals surface area contributed by atoms with E-state index >= 15 is 0 Å². The average molecular weight is 280 g/mol. The number of rotatable bonds is 5. The first-order valence-electron chi connectivity index (χ1n) is 7.10. The maximum absolute atomic E-state index is 5.97. The van der Waals surface area contributed by atoms with Crippen LogP contribution in [0.4, 0.5) is 0 Å². The van der Waals surface area contributed by atoms with Gasteiger partial charge in [-0.3, -0.25) is 0 Å². The van der Waals surface area contributed by atoms with Crippen LogP contribution >= 0.6 is 12.6 Å². The van der Waals surface area contributed by atoms with Crippen LogP contribution in [-0.2, 0) is 5.41 Å². The summed E-state index contributed by atoms with van der Waals surface area (Å²) < 4.78 is 5.97.